The van der Waals surface area contributed by atoms with Crippen LogP contribution >= 0.6 is 0 Å². The fraction of sp³-hybridized carbons (Fsp3) is 0.929. The van der Waals surface area contributed by atoms with Crippen molar-refractivity contribution in [1.82, 2.24) is 0 Å². The van der Waals surface area contributed by atoms with Gasteiger partial charge in [0.1, 0.15) is 6.10 Å². The zero-order valence-electron chi connectivity index (χ0n) is 11.7. The first-order valence-electron chi connectivity index (χ1n) is 7.10. The third-order valence-electron chi connectivity index (χ3n) is 2.85. The number of carbonyl (C=O) groups excluding carboxylic acids is 1. The van der Waals surface area contributed by atoms with Crippen LogP contribution in [0.4, 0.5) is 0 Å². The Hall–Kier alpha value is -0.570. The summed E-state index contributed by atoms with van der Waals surface area (Å²) in [6, 6.07) is 0. The van der Waals surface area contributed by atoms with E-state index in [1.165, 1.54) is 12.8 Å². The molecule has 0 amide bonds. The number of unbranched alkanes of at least 4 members (excludes halogenated alkanes) is 4. The van der Waals surface area contributed by atoms with Crippen LogP contribution < -0.4 is 0 Å². The molecule has 0 spiro atoms. The molecule has 0 fully saturated rings. The first-order chi connectivity index (χ1) is 8.24. The molecule has 1 unspecified atom stereocenters. The Balaban J connectivity index is 3.55. The largest absolute Gasteiger partial charge is 0.342 e. The van der Waals surface area contributed by atoms with Crippen LogP contribution in [0, 0.1) is 0 Å². The Bertz CT molecular complexity index is 180. The number of rotatable bonds is 11. The van der Waals surface area contributed by atoms with Crippen molar-refractivity contribution >= 4 is 5.97 Å². The second kappa shape index (κ2) is 11.9. The van der Waals surface area contributed by atoms with Crippen molar-refractivity contribution in [3.63, 3.8) is 0 Å². The summed E-state index contributed by atoms with van der Waals surface area (Å²) in [4.78, 5) is 21.3. The standard InChI is InChI=1S/C14H28O3/c1-4-7-9-11-13(6-3)16-17-14(15)12-10-8-5-2/h13H,4-12H2,1-3H3. The Morgan fingerprint density at radius 1 is 1.00 bits per heavy atom. The fourth-order valence-electron chi connectivity index (χ4n) is 1.62. The smallest absolute Gasteiger partial charge is 0.298 e. The zero-order chi connectivity index (χ0) is 12.9. The van der Waals surface area contributed by atoms with Crippen LogP contribution in [-0.2, 0) is 14.6 Å². The lowest BCUT2D eigenvalue weighted by molar-refractivity contribution is -0.299. The molecule has 0 rings (SSSR count). The van der Waals surface area contributed by atoms with E-state index in [2.05, 4.69) is 20.8 Å². The molecule has 1 atom stereocenters. The normalized spacial score (nSPS) is 12.4. The van der Waals surface area contributed by atoms with Crippen LogP contribution in [0.5, 0.6) is 0 Å². The van der Waals surface area contributed by atoms with Crippen LogP contribution in [0.3, 0.4) is 0 Å². The van der Waals surface area contributed by atoms with Crippen molar-refractivity contribution < 1.29 is 14.6 Å². The SMILES string of the molecule is CCCCCC(=O)OOC(CC)CCCCC. The van der Waals surface area contributed by atoms with Crippen LogP contribution in [-0.4, -0.2) is 12.1 Å². The third kappa shape index (κ3) is 10.3. The van der Waals surface area contributed by atoms with Crippen molar-refractivity contribution in [3.8, 4) is 0 Å². The molecule has 0 aliphatic carbocycles. The minimum Gasteiger partial charge on any atom is -0.298 e. The quantitative estimate of drug-likeness (QED) is 0.307. The highest BCUT2D eigenvalue weighted by Crippen LogP contribution is 2.11. The Kier molecular flexibility index (Phi) is 11.5. The molecule has 0 aromatic carbocycles. The number of hydrogen-bond acceptors (Lipinski definition) is 3. The summed E-state index contributed by atoms with van der Waals surface area (Å²) in [5, 5.41) is 0. The van der Waals surface area contributed by atoms with E-state index in [1.807, 2.05) is 0 Å². The van der Waals surface area contributed by atoms with Gasteiger partial charge in [-0.05, 0) is 19.3 Å². The minimum atomic E-state index is -0.229. The molecule has 0 aliphatic rings. The highest BCUT2D eigenvalue weighted by Gasteiger charge is 2.11. The molecule has 17 heavy (non-hydrogen) atoms. The maximum atomic E-state index is 11.3. The van der Waals surface area contributed by atoms with Crippen molar-refractivity contribution in [1.29, 1.82) is 0 Å². The van der Waals surface area contributed by atoms with Gasteiger partial charge < -0.3 is 0 Å². The molecule has 3 heteroatoms. The van der Waals surface area contributed by atoms with E-state index in [0.29, 0.717) is 6.42 Å². The van der Waals surface area contributed by atoms with Gasteiger partial charge in [-0.15, -0.1) is 0 Å². The van der Waals surface area contributed by atoms with Crippen LogP contribution in [0.2, 0.25) is 0 Å². The van der Waals surface area contributed by atoms with E-state index >= 15 is 0 Å². The molecule has 0 heterocycles. The lowest BCUT2D eigenvalue weighted by Gasteiger charge is -2.13. The minimum absolute atomic E-state index is 0.0664. The maximum absolute atomic E-state index is 11.3. The molecule has 3 nitrogen and oxygen atoms in total. The van der Waals surface area contributed by atoms with Gasteiger partial charge in [-0.3, -0.25) is 4.89 Å². The van der Waals surface area contributed by atoms with Crippen molar-refractivity contribution in [3.05, 3.63) is 0 Å². The average Bonchev–Trinajstić information content (AvgIpc) is 2.34. The highest BCUT2D eigenvalue weighted by atomic mass is 17.2. The molecule has 0 aliphatic heterocycles. The van der Waals surface area contributed by atoms with Gasteiger partial charge >= 0.3 is 5.97 Å². The zero-order valence-corrected chi connectivity index (χ0v) is 11.7. The van der Waals surface area contributed by atoms with Gasteiger partial charge in [-0.25, -0.2) is 4.79 Å². The first kappa shape index (κ1) is 16.4. The number of carbonyl (C=O) groups is 1. The summed E-state index contributed by atoms with van der Waals surface area (Å²) >= 11 is 0. The van der Waals surface area contributed by atoms with E-state index in [9.17, 15) is 4.79 Å². The van der Waals surface area contributed by atoms with E-state index in [1.54, 1.807) is 0 Å². The van der Waals surface area contributed by atoms with Gasteiger partial charge in [0.15, 0.2) is 0 Å². The second-order valence-electron chi connectivity index (χ2n) is 4.53. The fourth-order valence-corrected chi connectivity index (χ4v) is 1.62. The molecular formula is C14H28O3. The lowest BCUT2D eigenvalue weighted by atomic mass is 10.1. The van der Waals surface area contributed by atoms with Gasteiger partial charge in [0, 0.05) is 6.42 Å². The maximum Gasteiger partial charge on any atom is 0.342 e. The summed E-state index contributed by atoms with van der Waals surface area (Å²) in [6.07, 6.45) is 9.05. The van der Waals surface area contributed by atoms with Gasteiger partial charge in [-0.1, -0.05) is 52.9 Å². The highest BCUT2D eigenvalue weighted by molar-refractivity contribution is 5.68. The summed E-state index contributed by atoms with van der Waals surface area (Å²) in [7, 11) is 0. The van der Waals surface area contributed by atoms with Gasteiger partial charge in [0.2, 0.25) is 0 Å². The molecule has 0 saturated carbocycles. The lowest BCUT2D eigenvalue weighted by Crippen LogP contribution is -2.15. The molecule has 0 saturated heterocycles. The molecule has 102 valence electrons. The molecular weight excluding hydrogens is 216 g/mol. The van der Waals surface area contributed by atoms with Crippen molar-refractivity contribution in [2.75, 3.05) is 0 Å². The molecule has 0 aromatic rings. The molecule has 0 N–H and O–H groups in total. The molecule has 0 bridgehead atoms. The summed E-state index contributed by atoms with van der Waals surface area (Å²) in [5.41, 5.74) is 0. The van der Waals surface area contributed by atoms with E-state index < -0.39 is 0 Å². The van der Waals surface area contributed by atoms with Gasteiger partial charge in [-0.2, -0.15) is 4.89 Å². The van der Waals surface area contributed by atoms with Crippen molar-refractivity contribution in [2.24, 2.45) is 0 Å². The van der Waals surface area contributed by atoms with E-state index in [-0.39, 0.29) is 12.1 Å². The molecule has 0 aromatic heterocycles. The van der Waals surface area contributed by atoms with Crippen LogP contribution in [0.1, 0.15) is 78.6 Å². The number of hydrogen-bond donors (Lipinski definition) is 0. The summed E-state index contributed by atoms with van der Waals surface area (Å²) in [5.74, 6) is -0.229. The second-order valence-corrected chi connectivity index (χ2v) is 4.53. The first-order valence-corrected chi connectivity index (χ1v) is 7.10. The van der Waals surface area contributed by atoms with Crippen molar-refractivity contribution in [2.45, 2.75) is 84.7 Å². The topological polar surface area (TPSA) is 35.5 Å². The van der Waals surface area contributed by atoms with E-state index in [4.69, 9.17) is 9.78 Å². The Labute approximate surface area is 106 Å². The summed E-state index contributed by atoms with van der Waals surface area (Å²) in [6.45, 7) is 6.35. The van der Waals surface area contributed by atoms with Crippen LogP contribution in [0.15, 0.2) is 0 Å². The Morgan fingerprint density at radius 2 is 1.65 bits per heavy atom. The predicted molar refractivity (Wildman–Crippen MR) is 69.5 cm³/mol. The van der Waals surface area contributed by atoms with E-state index in [0.717, 1.165) is 38.5 Å². The predicted octanol–water partition coefficient (Wildman–Crippen LogP) is 4.40. The third-order valence-corrected chi connectivity index (χ3v) is 2.85. The van der Waals surface area contributed by atoms with Gasteiger partial charge in [0.05, 0.1) is 0 Å². The average molecular weight is 244 g/mol. The van der Waals surface area contributed by atoms with Gasteiger partial charge in [0.25, 0.3) is 0 Å². The Morgan fingerprint density at radius 3 is 2.24 bits per heavy atom. The monoisotopic (exact) mass is 244 g/mol. The van der Waals surface area contributed by atoms with Crippen LogP contribution in [0.25, 0.3) is 0 Å². The molecule has 0 radical (unpaired) electrons. The summed E-state index contributed by atoms with van der Waals surface area (Å²) < 4.78 is 0.